The van der Waals surface area contributed by atoms with Crippen molar-refractivity contribution in [1.29, 1.82) is 0 Å². The van der Waals surface area contributed by atoms with E-state index in [0.717, 1.165) is 38.3 Å². The third kappa shape index (κ3) is 2.83. The van der Waals surface area contributed by atoms with Crippen LogP contribution in [0.4, 0.5) is 0 Å². The van der Waals surface area contributed by atoms with Crippen molar-refractivity contribution in [2.75, 3.05) is 39.8 Å². The van der Waals surface area contributed by atoms with Crippen LogP contribution in [0, 0.1) is 0 Å². The first kappa shape index (κ1) is 14.5. The Kier molecular flexibility index (Phi) is 3.76. The molecule has 2 aliphatic heterocycles. The second-order valence-electron chi connectivity index (χ2n) is 6.97. The Morgan fingerprint density at radius 2 is 1.86 bits per heavy atom. The highest BCUT2D eigenvalue weighted by Crippen LogP contribution is 2.28. The van der Waals surface area contributed by atoms with Gasteiger partial charge in [0.1, 0.15) is 0 Å². The highest BCUT2D eigenvalue weighted by Gasteiger charge is 2.43. The molecule has 1 aromatic rings. The number of benzene rings is 1. The van der Waals surface area contributed by atoms with Crippen LogP contribution in [0.3, 0.4) is 0 Å². The zero-order chi connectivity index (χ0) is 15.0. The standard InChI is InChI=1S/C17H25N3O/c1-17(2)13-19(16(21)14-7-5-4-6-8-14)12-15-11-18(3)9-10-20(15)17/h4-8,15H,9-13H2,1-3H3. The number of carbonyl (C=O) groups is 1. The summed E-state index contributed by atoms with van der Waals surface area (Å²) in [5, 5.41) is 0. The lowest BCUT2D eigenvalue weighted by molar-refractivity contribution is -0.0514. The molecule has 0 aromatic heterocycles. The summed E-state index contributed by atoms with van der Waals surface area (Å²) in [4.78, 5) is 19.7. The topological polar surface area (TPSA) is 26.8 Å². The quantitative estimate of drug-likeness (QED) is 0.784. The van der Waals surface area contributed by atoms with Gasteiger partial charge in [-0.1, -0.05) is 18.2 Å². The number of rotatable bonds is 1. The summed E-state index contributed by atoms with van der Waals surface area (Å²) in [5.74, 6) is 0.163. The Balaban J connectivity index is 1.80. The minimum Gasteiger partial charge on any atom is -0.335 e. The van der Waals surface area contributed by atoms with Crippen molar-refractivity contribution in [2.45, 2.75) is 25.4 Å². The number of carbonyl (C=O) groups excluding carboxylic acids is 1. The largest absolute Gasteiger partial charge is 0.335 e. The van der Waals surface area contributed by atoms with Crippen LogP contribution in [0.1, 0.15) is 24.2 Å². The minimum absolute atomic E-state index is 0.0502. The lowest BCUT2D eigenvalue weighted by Crippen LogP contribution is -2.69. The van der Waals surface area contributed by atoms with E-state index in [2.05, 4.69) is 30.7 Å². The second-order valence-corrected chi connectivity index (χ2v) is 6.97. The monoisotopic (exact) mass is 287 g/mol. The Bertz CT molecular complexity index is 514. The van der Waals surface area contributed by atoms with Crippen molar-refractivity contribution in [3.63, 3.8) is 0 Å². The molecular weight excluding hydrogens is 262 g/mol. The molecule has 4 nitrogen and oxygen atoms in total. The number of hydrogen-bond acceptors (Lipinski definition) is 3. The molecular formula is C17H25N3O. The van der Waals surface area contributed by atoms with Crippen LogP contribution in [-0.4, -0.2) is 72.0 Å². The van der Waals surface area contributed by atoms with Gasteiger partial charge in [0, 0.05) is 49.9 Å². The first-order chi connectivity index (χ1) is 9.97. The lowest BCUT2D eigenvalue weighted by atomic mass is 9.92. The normalized spacial score (nSPS) is 26.4. The maximum Gasteiger partial charge on any atom is 0.253 e. The van der Waals surface area contributed by atoms with E-state index in [4.69, 9.17) is 0 Å². The average molecular weight is 287 g/mol. The van der Waals surface area contributed by atoms with Crippen LogP contribution >= 0.6 is 0 Å². The summed E-state index contributed by atoms with van der Waals surface area (Å²) in [6.45, 7) is 9.42. The highest BCUT2D eigenvalue weighted by molar-refractivity contribution is 5.94. The van der Waals surface area contributed by atoms with Crippen LogP contribution in [0.15, 0.2) is 30.3 Å². The molecule has 4 heteroatoms. The van der Waals surface area contributed by atoms with Gasteiger partial charge >= 0.3 is 0 Å². The molecule has 1 aromatic carbocycles. The predicted octanol–water partition coefficient (Wildman–Crippen LogP) is 1.54. The van der Waals surface area contributed by atoms with E-state index in [0.29, 0.717) is 6.04 Å². The van der Waals surface area contributed by atoms with Crippen molar-refractivity contribution in [3.05, 3.63) is 35.9 Å². The molecule has 0 bridgehead atoms. The number of fused-ring (bicyclic) bond motifs is 1. The molecule has 0 aliphatic carbocycles. The Hall–Kier alpha value is -1.39. The molecule has 1 amide bonds. The average Bonchev–Trinajstić information content (AvgIpc) is 2.46. The SMILES string of the molecule is CN1CCN2C(C1)CN(C(=O)c1ccccc1)CC2(C)C. The predicted molar refractivity (Wildman–Crippen MR) is 84.4 cm³/mol. The van der Waals surface area contributed by atoms with Crippen molar-refractivity contribution in [2.24, 2.45) is 0 Å². The number of nitrogens with zero attached hydrogens (tertiary/aromatic N) is 3. The van der Waals surface area contributed by atoms with Crippen molar-refractivity contribution >= 4 is 5.91 Å². The lowest BCUT2D eigenvalue weighted by Gasteiger charge is -2.55. The summed E-state index contributed by atoms with van der Waals surface area (Å²) in [5.41, 5.74) is 0.847. The number of amides is 1. The molecule has 0 saturated carbocycles. The summed E-state index contributed by atoms with van der Waals surface area (Å²) in [6.07, 6.45) is 0. The van der Waals surface area contributed by atoms with Gasteiger partial charge in [0.05, 0.1) is 0 Å². The van der Waals surface area contributed by atoms with E-state index in [9.17, 15) is 4.79 Å². The fourth-order valence-corrected chi connectivity index (χ4v) is 3.76. The van der Waals surface area contributed by atoms with Gasteiger partial charge in [0.15, 0.2) is 0 Å². The Morgan fingerprint density at radius 3 is 2.57 bits per heavy atom. The number of hydrogen-bond donors (Lipinski definition) is 0. The smallest absolute Gasteiger partial charge is 0.253 e. The van der Waals surface area contributed by atoms with Crippen LogP contribution in [-0.2, 0) is 0 Å². The number of piperazine rings is 2. The molecule has 2 heterocycles. The minimum atomic E-state index is 0.0502. The van der Waals surface area contributed by atoms with Gasteiger partial charge in [-0.3, -0.25) is 9.69 Å². The maximum absolute atomic E-state index is 12.7. The van der Waals surface area contributed by atoms with Crippen LogP contribution in [0.25, 0.3) is 0 Å². The third-order valence-corrected chi connectivity index (χ3v) is 4.78. The first-order valence-corrected chi connectivity index (χ1v) is 7.77. The molecule has 1 unspecified atom stereocenters. The van der Waals surface area contributed by atoms with Crippen molar-refractivity contribution < 1.29 is 4.79 Å². The molecule has 114 valence electrons. The Morgan fingerprint density at radius 1 is 1.14 bits per heavy atom. The summed E-state index contributed by atoms with van der Waals surface area (Å²) >= 11 is 0. The van der Waals surface area contributed by atoms with Crippen LogP contribution in [0.5, 0.6) is 0 Å². The zero-order valence-electron chi connectivity index (χ0n) is 13.2. The molecule has 0 radical (unpaired) electrons. The van der Waals surface area contributed by atoms with Gasteiger partial charge in [0.2, 0.25) is 0 Å². The van der Waals surface area contributed by atoms with Gasteiger partial charge in [-0.2, -0.15) is 0 Å². The van der Waals surface area contributed by atoms with Crippen molar-refractivity contribution in [3.8, 4) is 0 Å². The van der Waals surface area contributed by atoms with E-state index in [1.807, 2.05) is 35.2 Å². The molecule has 0 spiro atoms. The molecule has 1 atom stereocenters. The van der Waals surface area contributed by atoms with Gasteiger partial charge < -0.3 is 9.80 Å². The molecule has 0 N–H and O–H groups in total. The molecule has 3 rings (SSSR count). The summed E-state index contributed by atoms with van der Waals surface area (Å²) in [7, 11) is 2.17. The molecule has 21 heavy (non-hydrogen) atoms. The summed E-state index contributed by atoms with van der Waals surface area (Å²) in [6, 6.07) is 10.1. The van der Waals surface area contributed by atoms with E-state index in [1.165, 1.54) is 0 Å². The fourth-order valence-electron chi connectivity index (χ4n) is 3.76. The summed E-state index contributed by atoms with van der Waals surface area (Å²) < 4.78 is 0. The number of likely N-dealkylation sites (N-methyl/N-ethyl adjacent to an activating group) is 1. The zero-order valence-corrected chi connectivity index (χ0v) is 13.2. The molecule has 2 saturated heterocycles. The van der Waals surface area contributed by atoms with Gasteiger partial charge in [-0.05, 0) is 33.0 Å². The van der Waals surface area contributed by atoms with Gasteiger partial charge in [-0.15, -0.1) is 0 Å². The van der Waals surface area contributed by atoms with E-state index < -0.39 is 0 Å². The fraction of sp³-hybridized carbons (Fsp3) is 0.588. The third-order valence-electron chi connectivity index (χ3n) is 4.78. The van der Waals surface area contributed by atoms with Crippen LogP contribution < -0.4 is 0 Å². The second kappa shape index (κ2) is 5.43. The van der Waals surface area contributed by atoms with E-state index in [1.54, 1.807) is 0 Å². The molecule has 2 aliphatic rings. The first-order valence-electron chi connectivity index (χ1n) is 7.77. The highest BCUT2D eigenvalue weighted by atomic mass is 16.2. The van der Waals surface area contributed by atoms with E-state index in [-0.39, 0.29) is 11.4 Å². The van der Waals surface area contributed by atoms with Gasteiger partial charge in [0.25, 0.3) is 5.91 Å². The van der Waals surface area contributed by atoms with Crippen LogP contribution in [0.2, 0.25) is 0 Å². The maximum atomic E-state index is 12.7. The van der Waals surface area contributed by atoms with Crippen molar-refractivity contribution in [1.82, 2.24) is 14.7 Å². The Labute approximate surface area is 127 Å². The van der Waals surface area contributed by atoms with E-state index >= 15 is 0 Å². The molecule has 2 fully saturated rings. The van der Waals surface area contributed by atoms with Gasteiger partial charge in [-0.25, -0.2) is 0 Å².